The molecule has 1 aliphatic heterocycles. The molecule has 0 saturated carbocycles. The van der Waals surface area contributed by atoms with Crippen molar-refractivity contribution in [2.45, 2.75) is 42.1 Å². The van der Waals surface area contributed by atoms with Gasteiger partial charge in [0.15, 0.2) is 0 Å². The molecule has 0 aliphatic carbocycles. The molecule has 1 aliphatic rings. The number of hydrogen-bond donors (Lipinski definition) is 0. The zero-order chi connectivity index (χ0) is 14.4. The van der Waals surface area contributed by atoms with Crippen molar-refractivity contribution in [3.05, 3.63) is 24.3 Å². The molecule has 0 radical (unpaired) electrons. The van der Waals surface area contributed by atoms with E-state index in [0.717, 1.165) is 23.9 Å². The first-order valence-electron chi connectivity index (χ1n) is 6.21. The summed E-state index contributed by atoms with van der Waals surface area (Å²) in [5.74, 6) is 0.914. The third-order valence-electron chi connectivity index (χ3n) is 2.70. The van der Waals surface area contributed by atoms with Crippen LogP contribution in [0.25, 0.3) is 0 Å². The zero-order valence-electron chi connectivity index (χ0n) is 11.4. The van der Waals surface area contributed by atoms with E-state index in [1.54, 1.807) is 13.8 Å². The van der Waals surface area contributed by atoms with Gasteiger partial charge in [-0.25, -0.2) is 0 Å². The van der Waals surface area contributed by atoms with Crippen molar-refractivity contribution in [2.24, 2.45) is 0 Å². The zero-order valence-corrected chi connectivity index (χ0v) is 14.8. The standard InChI is InChI=1S/C14H20O2S2Se/c1-9(2)13(15)17-7-12-6-5-11(8-19-12)18-14(16)10(3)4/h11-12H,1,3,5-8H2,2,4H3. The summed E-state index contributed by atoms with van der Waals surface area (Å²) in [7, 11) is 0. The van der Waals surface area contributed by atoms with Gasteiger partial charge in [-0.1, -0.05) is 0 Å². The minimum absolute atomic E-state index is 0.116. The van der Waals surface area contributed by atoms with Crippen LogP contribution < -0.4 is 0 Å². The Balaban J connectivity index is 2.25. The van der Waals surface area contributed by atoms with Crippen molar-refractivity contribution in [1.29, 1.82) is 0 Å². The van der Waals surface area contributed by atoms with Gasteiger partial charge in [0, 0.05) is 0 Å². The topological polar surface area (TPSA) is 34.1 Å². The first-order valence-corrected chi connectivity index (χ1v) is 10.3. The molecule has 1 heterocycles. The fraction of sp³-hybridized carbons (Fsp3) is 0.571. The van der Waals surface area contributed by atoms with Crippen LogP contribution in [0.5, 0.6) is 0 Å². The predicted molar refractivity (Wildman–Crippen MR) is 87.0 cm³/mol. The second kappa shape index (κ2) is 8.35. The molecule has 1 fully saturated rings. The van der Waals surface area contributed by atoms with Crippen LogP contribution in [-0.2, 0) is 9.59 Å². The summed E-state index contributed by atoms with van der Waals surface area (Å²) in [4.78, 5) is 23.7. The van der Waals surface area contributed by atoms with E-state index in [-0.39, 0.29) is 10.2 Å². The van der Waals surface area contributed by atoms with Crippen molar-refractivity contribution in [3.8, 4) is 0 Å². The fourth-order valence-corrected chi connectivity index (χ4v) is 7.10. The molecule has 5 heteroatoms. The van der Waals surface area contributed by atoms with Crippen LogP contribution in [0.15, 0.2) is 24.3 Å². The summed E-state index contributed by atoms with van der Waals surface area (Å²) in [5.41, 5.74) is 1.27. The molecule has 1 rings (SSSR count). The summed E-state index contributed by atoms with van der Waals surface area (Å²) in [6, 6.07) is 0. The average molecular weight is 363 g/mol. The minimum atomic E-state index is 0.116. The Kier molecular flexibility index (Phi) is 7.51. The van der Waals surface area contributed by atoms with Crippen LogP contribution in [-0.4, -0.2) is 36.2 Å². The van der Waals surface area contributed by atoms with E-state index in [9.17, 15) is 9.59 Å². The van der Waals surface area contributed by atoms with Crippen LogP contribution in [0.3, 0.4) is 0 Å². The molecule has 0 aromatic heterocycles. The maximum atomic E-state index is 11.6. The van der Waals surface area contributed by atoms with Crippen LogP contribution in [0, 0.1) is 0 Å². The van der Waals surface area contributed by atoms with Gasteiger partial charge in [-0.2, -0.15) is 0 Å². The Morgan fingerprint density at radius 2 is 1.79 bits per heavy atom. The molecule has 0 bridgehead atoms. The first-order chi connectivity index (χ1) is 8.90. The van der Waals surface area contributed by atoms with Gasteiger partial charge in [0.1, 0.15) is 0 Å². The summed E-state index contributed by atoms with van der Waals surface area (Å²) < 4.78 is 0. The second-order valence-corrected chi connectivity index (χ2v) is 9.78. The molecular weight excluding hydrogens is 343 g/mol. The number of rotatable bonds is 5. The van der Waals surface area contributed by atoms with E-state index >= 15 is 0 Å². The van der Waals surface area contributed by atoms with E-state index in [0.29, 0.717) is 36.2 Å². The number of hydrogen-bond acceptors (Lipinski definition) is 4. The Bertz CT molecular complexity index is 385. The quantitative estimate of drug-likeness (QED) is 0.551. The SMILES string of the molecule is C=C(C)C(=O)SCC1CCC(SC(=O)C(=C)C)C[Se]1. The summed E-state index contributed by atoms with van der Waals surface area (Å²) >= 11 is 3.39. The molecule has 0 N–H and O–H groups in total. The van der Waals surface area contributed by atoms with Crippen LogP contribution in [0.1, 0.15) is 26.7 Å². The van der Waals surface area contributed by atoms with Crippen molar-refractivity contribution in [1.82, 2.24) is 0 Å². The van der Waals surface area contributed by atoms with Gasteiger partial charge < -0.3 is 0 Å². The number of thioether (sulfide) groups is 2. The molecule has 0 amide bonds. The normalized spacial score (nSPS) is 22.8. The molecule has 2 atom stereocenters. The second-order valence-electron chi connectivity index (χ2n) is 4.72. The van der Waals surface area contributed by atoms with E-state index in [1.165, 1.54) is 23.5 Å². The van der Waals surface area contributed by atoms with Gasteiger partial charge in [-0.05, 0) is 0 Å². The van der Waals surface area contributed by atoms with E-state index in [1.807, 2.05) is 0 Å². The molecule has 2 unspecified atom stereocenters. The van der Waals surface area contributed by atoms with Crippen LogP contribution in [0.4, 0.5) is 0 Å². The molecule has 1 saturated heterocycles. The molecule has 0 aromatic rings. The summed E-state index contributed by atoms with van der Waals surface area (Å²) in [6.07, 6.45) is 2.22. The number of carbonyl (C=O) groups is 2. The molecule has 0 aromatic carbocycles. The van der Waals surface area contributed by atoms with Crippen LogP contribution >= 0.6 is 23.5 Å². The maximum absolute atomic E-state index is 11.6. The summed E-state index contributed by atoms with van der Waals surface area (Å²) in [5, 5.41) is 1.83. The van der Waals surface area contributed by atoms with E-state index < -0.39 is 0 Å². The Labute approximate surface area is 130 Å². The Morgan fingerprint density at radius 3 is 2.26 bits per heavy atom. The Morgan fingerprint density at radius 1 is 1.16 bits per heavy atom. The van der Waals surface area contributed by atoms with Gasteiger partial charge in [-0.15, -0.1) is 0 Å². The monoisotopic (exact) mass is 364 g/mol. The third kappa shape index (κ3) is 6.35. The van der Waals surface area contributed by atoms with Crippen LogP contribution in [0.2, 0.25) is 10.1 Å². The van der Waals surface area contributed by atoms with Crippen molar-refractivity contribution >= 4 is 48.7 Å². The van der Waals surface area contributed by atoms with E-state index in [4.69, 9.17) is 0 Å². The fourth-order valence-electron chi connectivity index (χ4n) is 1.55. The number of carbonyl (C=O) groups excluding carboxylic acids is 2. The van der Waals surface area contributed by atoms with E-state index in [2.05, 4.69) is 13.2 Å². The van der Waals surface area contributed by atoms with Gasteiger partial charge in [-0.3, -0.25) is 0 Å². The van der Waals surface area contributed by atoms with Crippen molar-refractivity contribution < 1.29 is 9.59 Å². The predicted octanol–water partition coefficient (Wildman–Crippen LogP) is 3.73. The van der Waals surface area contributed by atoms with Gasteiger partial charge in [0.05, 0.1) is 0 Å². The van der Waals surface area contributed by atoms with Gasteiger partial charge in [0.25, 0.3) is 0 Å². The first kappa shape index (κ1) is 17.1. The van der Waals surface area contributed by atoms with Gasteiger partial charge in [0.2, 0.25) is 0 Å². The van der Waals surface area contributed by atoms with Crippen molar-refractivity contribution in [2.75, 3.05) is 5.75 Å². The molecule has 19 heavy (non-hydrogen) atoms. The average Bonchev–Trinajstić information content (AvgIpc) is 2.37. The Hall–Kier alpha value is 0.0395. The molecule has 2 nitrogen and oxygen atoms in total. The van der Waals surface area contributed by atoms with Gasteiger partial charge >= 0.3 is 130 Å². The molecule has 0 spiro atoms. The van der Waals surface area contributed by atoms with Crippen molar-refractivity contribution in [3.63, 3.8) is 0 Å². The third-order valence-corrected chi connectivity index (χ3v) is 9.21. The molecular formula is C14H20O2S2Se. The molecule has 106 valence electrons. The summed E-state index contributed by atoms with van der Waals surface area (Å²) in [6.45, 7) is 10.9.